The number of piperidine rings is 1. The zero-order valence-electron chi connectivity index (χ0n) is 18.0. The highest BCUT2D eigenvalue weighted by Crippen LogP contribution is 2.21. The van der Waals surface area contributed by atoms with Crippen LogP contribution < -0.4 is 15.4 Å². The minimum atomic E-state index is -0.254. The molecule has 0 spiro atoms. The van der Waals surface area contributed by atoms with Gasteiger partial charge in [0.1, 0.15) is 5.75 Å². The molecule has 1 aliphatic heterocycles. The van der Waals surface area contributed by atoms with E-state index in [1.54, 1.807) is 19.2 Å². The van der Waals surface area contributed by atoms with Crippen LogP contribution in [0, 0.1) is 12.8 Å². The number of urea groups is 1. The number of nitrogens with zero attached hydrogens (tertiary/aromatic N) is 1. The number of methoxy groups -OCH3 is 1. The summed E-state index contributed by atoms with van der Waals surface area (Å²) in [7, 11) is 1.64. The Labute approximate surface area is 178 Å². The van der Waals surface area contributed by atoms with E-state index in [4.69, 9.17) is 4.74 Å². The molecule has 0 aliphatic carbocycles. The third-order valence-electron chi connectivity index (χ3n) is 5.65. The summed E-state index contributed by atoms with van der Waals surface area (Å²) in [6, 6.07) is 13.0. The molecule has 0 aromatic heterocycles. The number of rotatable bonds is 6. The van der Waals surface area contributed by atoms with Crippen LogP contribution >= 0.6 is 0 Å². The molecule has 3 amide bonds. The van der Waals surface area contributed by atoms with Crippen LogP contribution in [0.25, 0.3) is 0 Å². The van der Waals surface area contributed by atoms with Crippen molar-refractivity contribution < 1.29 is 14.3 Å². The van der Waals surface area contributed by atoms with Crippen LogP contribution in [0.1, 0.15) is 41.3 Å². The average molecular weight is 410 g/mol. The van der Waals surface area contributed by atoms with Crippen LogP contribution in [0.2, 0.25) is 0 Å². The molecular formula is C24H31N3O3. The van der Waals surface area contributed by atoms with Crippen molar-refractivity contribution in [2.24, 2.45) is 5.92 Å². The van der Waals surface area contributed by atoms with Crippen LogP contribution in [0.4, 0.5) is 10.5 Å². The van der Waals surface area contributed by atoms with Gasteiger partial charge in [0.15, 0.2) is 0 Å². The van der Waals surface area contributed by atoms with E-state index in [0.717, 1.165) is 49.2 Å². The van der Waals surface area contributed by atoms with E-state index in [1.807, 2.05) is 42.2 Å². The standard InChI is InChI=1S/C24H31N3O3/c1-17-11-14-27(15-12-17)23(28)20-6-9-22(18(2)16-20)26-24(29)25-13-10-19-4-7-21(30-3)8-5-19/h4-9,16-17H,10-15H2,1-3H3,(H2,25,26,29). The van der Waals surface area contributed by atoms with Gasteiger partial charge in [0.25, 0.3) is 5.91 Å². The first-order chi connectivity index (χ1) is 14.5. The lowest BCUT2D eigenvalue weighted by Gasteiger charge is -2.30. The van der Waals surface area contributed by atoms with Crippen LogP contribution in [0.5, 0.6) is 5.75 Å². The minimum absolute atomic E-state index is 0.0699. The summed E-state index contributed by atoms with van der Waals surface area (Å²) >= 11 is 0. The van der Waals surface area contributed by atoms with E-state index in [1.165, 1.54) is 0 Å². The number of likely N-dealkylation sites (tertiary alicyclic amines) is 1. The maximum Gasteiger partial charge on any atom is 0.319 e. The van der Waals surface area contributed by atoms with Crippen molar-refractivity contribution in [2.45, 2.75) is 33.1 Å². The first-order valence-electron chi connectivity index (χ1n) is 10.5. The molecule has 0 atom stereocenters. The molecule has 0 radical (unpaired) electrons. The quantitative estimate of drug-likeness (QED) is 0.750. The summed E-state index contributed by atoms with van der Waals surface area (Å²) in [5.74, 6) is 1.57. The fourth-order valence-corrected chi connectivity index (χ4v) is 3.61. The number of amides is 3. The molecule has 6 nitrogen and oxygen atoms in total. The molecule has 2 aromatic carbocycles. The van der Waals surface area contributed by atoms with Crippen molar-refractivity contribution in [1.82, 2.24) is 10.2 Å². The zero-order valence-corrected chi connectivity index (χ0v) is 18.0. The molecule has 1 saturated heterocycles. The maximum absolute atomic E-state index is 12.7. The topological polar surface area (TPSA) is 70.7 Å². The van der Waals surface area contributed by atoms with E-state index < -0.39 is 0 Å². The molecule has 1 fully saturated rings. The Bertz CT molecular complexity index is 872. The molecule has 1 aliphatic rings. The Balaban J connectivity index is 1.49. The predicted octanol–water partition coefficient (Wildman–Crippen LogP) is 4.24. The Morgan fingerprint density at radius 2 is 1.80 bits per heavy atom. The molecule has 160 valence electrons. The number of hydrogen-bond donors (Lipinski definition) is 2. The average Bonchev–Trinajstić information content (AvgIpc) is 2.75. The number of aryl methyl sites for hydroxylation is 1. The maximum atomic E-state index is 12.7. The van der Waals surface area contributed by atoms with Crippen LogP contribution in [0.3, 0.4) is 0 Å². The summed E-state index contributed by atoms with van der Waals surface area (Å²) < 4.78 is 5.15. The minimum Gasteiger partial charge on any atom is -0.497 e. The smallest absolute Gasteiger partial charge is 0.319 e. The van der Waals surface area contributed by atoms with Crippen LogP contribution in [-0.2, 0) is 6.42 Å². The van der Waals surface area contributed by atoms with Gasteiger partial charge >= 0.3 is 6.03 Å². The molecule has 2 aromatic rings. The third kappa shape index (κ3) is 5.75. The SMILES string of the molecule is COc1ccc(CCNC(=O)Nc2ccc(C(=O)N3CCC(C)CC3)cc2C)cc1. The number of carbonyl (C=O) groups excluding carboxylic acids is 2. The molecule has 0 bridgehead atoms. The lowest BCUT2D eigenvalue weighted by Crippen LogP contribution is -2.38. The Morgan fingerprint density at radius 3 is 2.43 bits per heavy atom. The predicted molar refractivity (Wildman–Crippen MR) is 119 cm³/mol. The highest BCUT2D eigenvalue weighted by atomic mass is 16.5. The van der Waals surface area contributed by atoms with Gasteiger partial charge in [-0.2, -0.15) is 0 Å². The van der Waals surface area contributed by atoms with E-state index in [0.29, 0.717) is 23.7 Å². The number of anilines is 1. The Kier molecular flexibility index (Phi) is 7.33. The molecular weight excluding hydrogens is 378 g/mol. The molecule has 6 heteroatoms. The second-order valence-corrected chi connectivity index (χ2v) is 7.98. The van der Waals surface area contributed by atoms with Crippen molar-refractivity contribution in [3.05, 3.63) is 59.2 Å². The molecule has 30 heavy (non-hydrogen) atoms. The summed E-state index contributed by atoms with van der Waals surface area (Å²) in [6.45, 7) is 6.29. The second-order valence-electron chi connectivity index (χ2n) is 7.98. The van der Waals surface area contributed by atoms with Gasteiger partial charge in [0.2, 0.25) is 0 Å². The first-order valence-corrected chi connectivity index (χ1v) is 10.5. The second kappa shape index (κ2) is 10.1. The van der Waals surface area contributed by atoms with Crippen molar-refractivity contribution in [2.75, 3.05) is 32.1 Å². The van der Waals surface area contributed by atoms with Crippen LogP contribution in [0.15, 0.2) is 42.5 Å². The number of benzene rings is 2. The fourth-order valence-electron chi connectivity index (χ4n) is 3.61. The number of ether oxygens (including phenoxy) is 1. The molecule has 0 saturated carbocycles. The molecule has 1 heterocycles. The van der Waals surface area contributed by atoms with E-state index in [9.17, 15) is 9.59 Å². The van der Waals surface area contributed by atoms with Crippen molar-refractivity contribution >= 4 is 17.6 Å². The lowest BCUT2D eigenvalue weighted by molar-refractivity contribution is 0.0697. The summed E-state index contributed by atoms with van der Waals surface area (Å²) in [4.78, 5) is 26.9. The highest BCUT2D eigenvalue weighted by Gasteiger charge is 2.21. The van der Waals surface area contributed by atoms with Gasteiger partial charge in [-0.1, -0.05) is 19.1 Å². The van der Waals surface area contributed by atoms with Gasteiger partial charge < -0.3 is 20.3 Å². The summed E-state index contributed by atoms with van der Waals surface area (Å²) in [6.07, 6.45) is 2.85. The van der Waals surface area contributed by atoms with Crippen molar-refractivity contribution in [3.8, 4) is 5.75 Å². The molecule has 2 N–H and O–H groups in total. The van der Waals surface area contributed by atoms with Gasteiger partial charge in [-0.3, -0.25) is 4.79 Å². The number of nitrogens with one attached hydrogen (secondary N) is 2. The monoisotopic (exact) mass is 409 g/mol. The Hall–Kier alpha value is -3.02. The molecule has 0 unspecified atom stereocenters. The largest absolute Gasteiger partial charge is 0.497 e. The summed E-state index contributed by atoms with van der Waals surface area (Å²) in [5, 5.41) is 5.74. The normalized spacial score (nSPS) is 14.3. The van der Waals surface area contributed by atoms with Gasteiger partial charge in [0, 0.05) is 30.9 Å². The third-order valence-corrected chi connectivity index (χ3v) is 5.65. The van der Waals surface area contributed by atoms with Crippen LogP contribution in [-0.4, -0.2) is 43.6 Å². The Morgan fingerprint density at radius 1 is 1.10 bits per heavy atom. The number of carbonyl (C=O) groups is 2. The van der Waals surface area contributed by atoms with Crippen molar-refractivity contribution in [3.63, 3.8) is 0 Å². The van der Waals surface area contributed by atoms with E-state index >= 15 is 0 Å². The van der Waals surface area contributed by atoms with Gasteiger partial charge in [0.05, 0.1) is 7.11 Å². The number of hydrogen-bond acceptors (Lipinski definition) is 3. The first kappa shape index (κ1) is 21.7. The summed E-state index contributed by atoms with van der Waals surface area (Å²) in [5.41, 5.74) is 3.38. The van der Waals surface area contributed by atoms with E-state index in [-0.39, 0.29) is 11.9 Å². The molecule has 3 rings (SSSR count). The van der Waals surface area contributed by atoms with Gasteiger partial charge in [-0.15, -0.1) is 0 Å². The zero-order chi connectivity index (χ0) is 21.5. The lowest BCUT2D eigenvalue weighted by atomic mass is 9.98. The fraction of sp³-hybridized carbons (Fsp3) is 0.417. The van der Waals surface area contributed by atoms with Gasteiger partial charge in [-0.25, -0.2) is 4.79 Å². The highest BCUT2D eigenvalue weighted by molar-refractivity contribution is 5.96. The van der Waals surface area contributed by atoms with Crippen molar-refractivity contribution in [1.29, 1.82) is 0 Å². The van der Waals surface area contributed by atoms with E-state index in [2.05, 4.69) is 17.6 Å². The van der Waals surface area contributed by atoms with Gasteiger partial charge in [-0.05, 0) is 73.6 Å².